The molecule has 1 fully saturated rings. The first kappa shape index (κ1) is 17.1. The minimum Gasteiger partial charge on any atom is -0.475 e. The van der Waals surface area contributed by atoms with Crippen LogP contribution in [0.4, 0.5) is 0 Å². The molecule has 0 aromatic carbocycles. The Morgan fingerprint density at radius 1 is 1.14 bits per heavy atom. The number of rotatable bonds is 3. The molecule has 10 nitrogen and oxygen atoms in total. The van der Waals surface area contributed by atoms with Gasteiger partial charge in [-0.15, -0.1) is 0 Å². The third-order valence-corrected chi connectivity index (χ3v) is 3.50. The summed E-state index contributed by atoms with van der Waals surface area (Å²) in [7, 11) is 0. The Hall–Kier alpha value is -1.27. The quantitative estimate of drug-likeness (QED) is 0.313. The van der Waals surface area contributed by atoms with Crippen molar-refractivity contribution in [2.75, 3.05) is 0 Å². The molecule has 2 heterocycles. The van der Waals surface area contributed by atoms with Gasteiger partial charge in [-0.05, 0) is 13.0 Å². The van der Waals surface area contributed by atoms with Gasteiger partial charge in [-0.3, -0.25) is 0 Å². The topological polar surface area (TPSA) is 166 Å². The second-order valence-electron chi connectivity index (χ2n) is 5.12. The fraction of sp³-hybridized carbons (Fsp3) is 0.750. The van der Waals surface area contributed by atoms with Crippen molar-refractivity contribution in [3.63, 3.8) is 0 Å². The van der Waals surface area contributed by atoms with Crippen LogP contribution in [-0.4, -0.2) is 85.8 Å². The van der Waals surface area contributed by atoms with Gasteiger partial charge in [0.05, 0.1) is 6.10 Å². The molecule has 0 saturated carbocycles. The molecular weight excluding hydrogens is 304 g/mol. The molecule has 0 radical (unpaired) electrons. The predicted octanol–water partition coefficient (Wildman–Crippen LogP) is -3.12. The Morgan fingerprint density at radius 3 is 2.36 bits per heavy atom. The van der Waals surface area contributed by atoms with E-state index in [0.29, 0.717) is 0 Å². The maximum atomic E-state index is 10.9. The number of hydrogen-bond acceptors (Lipinski definition) is 9. The van der Waals surface area contributed by atoms with Crippen molar-refractivity contribution in [2.45, 2.75) is 56.1 Å². The average Bonchev–Trinajstić information content (AvgIpc) is 2.45. The van der Waals surface area contributed by atoms with Gasteiger partial charge in [0.1, 0.15) is 30.5 Å². The summed E-state index contributed by atoms with van der Waals surface area (Å²) in [5, 5.41) is 57.5. The van der Waals surface area contributed by atoms with Crippen LogP contribution >= 0.6 is 0 Å². The van der Waals surface area contributed by atoms with Gasteiger partial charge < -0.3 is 44.8 Å². The van der Waals surface area contributed by atoms with E-state index in [9.17, 15) is 30.3 Å². The van der Waals surface area contributed by atoms with E-state index in [4.69, 9.17) is 19.3 Å². The molecule has 2 rings (SSSR count). The summed E-state index contributed by atoms with van der Waals surface area (Å²) in [5.74, 6) is -2.15. The largest absolute Gasteiger partial charge is 0.475 e. The van der Waals surface area contributed by atoms with E-state index in [0.717, 1.165) is 6.08 Å². The van der Waals surface area contributed by atoms with Crippen molar-refractivity contribution in [2.24, 2.45) is 0 Å². The molecule has 22 heavy (non-hydrogen) atoms. The van der Waals surface area contributed by atoms with Gasteiger partial charge in [0.25, 0.3) is 0 Å². The molecule has 126 valence electrons. The zero-order valence-electron chi connectivity index (χ0n) is 11.5. The average molecular weight is 322 g/mol. The molecule has 0 amide bonds. The third kappa shape index (κ3) is 3.22. The molecule has 10 heteroatoms. The fourth-order valence-corrected chi connectivity index (χ4v) is 2.20. The minimum absolute atomic E-state index is 0.655. The number of aliphatic hydroxyl groups is 5. The molecule has 0 aliphatic carbocycles. The Kier molecular flexibility index (Phi) is 5.02. The predicted molar refractivity (Wildman–Crippen MR) is 66.0 cm³/mol. The third-order valence-electron chi connectivity index (χ3n) is 3.50. The van der Waals surface area contributed by atoms with E-state index in [-0.39, 0.29) is 0 Å². The Bertz CT molecular complexity index is 451. The lowest BCUT2D eigenvalue weighted by atomic mass is 9.99. The Labute approximate surface area is 124 Å². The maximum absolute atomic E-state index is 10.9. The smallest absolute Gasteiger partial charge is 0.371 e. The molecule has 0 spiro atoms. The zero-order valence-corrected chi connectivity index (χ0v) is 11.5. The Balaban J connectivity index is 2.12. The van der Waals surface area contributed by atoms with Crippen LogP contribution in [0.1, 0.15) is 6.92 Å². The highest BCUT2D eigenvalue weighted by molar-refractivity contribution is 5.84. The summed E-state index contributed by atoms with van der Waals surface area (Å²) in [4.78, 5) is 10.9. The normalized spacial score (nSPS) is 45.8. The molecule has 0 unspecified atom stereocenters. The first-order valence-corrected chi connectivity index (χ1v) is 6.55. The maximum Gasteiger partial charge on any atom is 0.371 e. The van der Waals surface area contributed by atoms with Gasteiger partial charge in [0.15, 0.2) is 6.29 Å². The van der Waals surface area contributed by atoms with Crippen molar-refractivity contribution in [1.29, 1.82) is 0 Å². The fourth-order valence-electron chi connectivity index (χ4n) is 2.20. The van der Waals surface area contributed by atoms with E-state index >= 15 is 0 Å². The van der Waals surface area contributed by atoms with Crippen molar-refractivity contribution in [3.8, 4) is 0 Å². The van der Waals surface area contributed by atoms with E-state index < -0.39 is 60.9 Å². The number of ether oxygens (including phenoxy) is 3. The second-order valence-corrected chi connectivity index (χ2v) is 5.12. The van der Waals surface area contributed by atoms with E-state index in [1.165, 1.54) is 6.92 Å². The van der Waals surface area contributed by atoms with Crippen LogP contribution in [0.15, 0.2) is 11.8 Å². The van der Waals surface area contributed by atoms with Crippen LogP contribution in [-0.2, 0) is 19.0 Å². The summed E-state index contributed by atoms with van der Waals surface area (Å²) in [5.41, 5.74) is 0. The summed E-state index contributed by atoms with van der Waals surface area (Å²) < 4.78 is 14.9. The van der Waals surface area contributed by atoms with E-state index in [2.05, 4.69) is 0 Å². The molecule has 1 saturated heterocycles. The molecule has 2 aliphatic heterocycles. The summed E-state index contributed by atoms with van der Waals surface area (Å²) in [6.07, 6.45) is -11.1. The monoisotopic (exact) mass is 322 g/mol. The number of carboxylic acids is 1. The van der Waals surface area contributed by atoms with Crippen LogP contribution < -0.4 is 0 Å². The van der Waals surface area contributed by atoms with Gasteiger partial charge in [0, 0.05) is 0 Å². The SMILES string of the molecule is C[C@@H]1O[C@@H](O)[C@H](O[C@@H]2OC(C(=O)O)=C[C@H](O)[C@H]2O)[C@H](O)[C@H]1O. The van der Waals surface area contributed by atoms with Gasteiger partial charge in [-0.2, -0.15) is 0 Å². The number of aliphatic hydroxyl groups excluding tert-OH is 5. The van der Waals surface area contributed by atoms with E-state index in [1.807, 2.05) is 0 Å². The van der Waals surface area contributed by atoms with Crippen molar-refractivity contribution >= 4 is 5.97 Å². The summed E-state index contributed by atoms with van der Waals surface area (Å²) >= 11 is 0. The van der Waals surface area contributed by atoms with Crippen molar-refractivity contribution in [3.05, 3.63) is 11.8 Å². The van der Waals surface area contributed by atoms with Gasteiger partial charge in [-0.1, -0.05) is 0 Å². The molecule has 2 aliphatic rings. The lowest BCUT2D eigenvalue weighted by Gasteiger charge is -2.41. The van der Waals surface area contributed by atoms with Crippen molar-refractivity contribution in [1.82, 2.24) is 0 Å². The lowest BCUT2D eigenvalue weighted by molar-refractivity contribution is -0.328. The lowest BCUT2D eigenvalue weighted by Crippen LogP contribution is -2.60. The van der Waals surface area contributed by atoms with Crippen LogP contribution in [0, 0.1) is 0 Å². The first-order valence-electron chi connectivity index (χ1n) is 6.55. The highest BCUT2D eigenvalue weighted by atomic mass is 16.7. The van der Waals surface area contributed by atoms with Crippen LogP contribution in [0.25, 0.3) is 0 Å². The molecular formula is C12H18O10. The number of hydrogen-bond donors (Lipinski definition) is 6. The first-order chi connectivity index (χ1) is 10.2. The van der Waals surface area contributed by atoms with Gasteiger partial charge >= 0.3 is 5.97 Å². The standard InChI is InChI=1S/C12H18O10/c1-3-6(14)8(16)9(11(19)20-3)22-12-7(15)4(13)2-5(21-12)10(17)18/h2-4,6-9,11-16,19H,1H3,(H,17,18)/t3-,4-,6-,7+,8+,9+,11+,12-/m0/s1. The van der Waals surface area contributed by atoms with Crippen LogP contribution in [0.5, 0.6) is 0 Å². The minimum atomic E-state index is -1.68. The van der Waals surface area contributed by atoms with E-state index in [1.54, 1.807) is 0 Å². The molecule has 0 bridgehead atoms. The van der Waals surface area contributed by atoms with Crippen LogP contribution in [0.2, 0.25) is 0 Å². The van der Waals surface area contributed by atoms with Gasteiger partial charge in [0.2, 0.25) is 12.0 Å². The molecule has 6 N–H and O–H groups in total. The second kappa shape index (κ2) is 6.46. The highest BCUT2D eigenvalue weighted by Crippen LogP contribution is 2.27. The van der Waals surface area contributed by atoms with Crippen LogP contribution in [0.3, 0.4) is 0 Å². The van der Waals surface area contributed by atoms with Gasteiger partial charge in [-0.25, -0.2) is 4.79 Å². The zero-order chi connectivity index (χ0) is 16.6. The number of aliphatic carboxylic acids is 1. The number of carboxylic acid groups (broad SMARTS) is 1. The van der Waals surface area contributed by atoms with Crippen molar-refractivity contribution < 1.29 is 49.6 Å². The molecule has 0 aromatic heterocycles. The Morgan fingerprint density at radius 2 is 1.77 bits per heavy atom. The highest BCUT2D eigenvalue weighted by Gasteiger charge is 2.46. The molecule has 0 aromatic rings. The molecule has 8 atom stereocenters. The summed E-state index contributed by atoms with van der Waals surface area (Å²) in [6.45, 7) is 1.42. The number of carbonyl (C=O) groups is 1. The summed E-state index contributed by atoms with van der Waals surface area (Å²) in [6, 6.07) is 0.